The van der Waals surface area contributed by atoms with Crippen LogP contribution in [0.2, 0.25) is 0 Å². The molecule has 1 aliphatic rings. The summed E-state index contributed by atoms with van der Waals surface area (Å²) in [6.45, 7) is 7.37. The van der Waals surface area contributed by atoms with Gasteiger partial charge in [0.1, 0.15) is 17.7 Å². The van der Waals surface area contributed by atoms with Crippen LogP contribution in [0.3, 0.4) is 0 Å². The van der Waals surface area contributed by atoms with Gasteiger partial charge in [0.25, 0.3) is 0 Å². The minimum absolute atomic E-state index is 0.0615. The summed E-state index contributed by atoms with van der Waals surface area (Å²) in [7, 11) is 1.91. The second-order valence-electron chi connectivity index (χ2n) is 9.88. The summed E-state index contributed by atoms with van der Waals surface area (Å²) in [5.41, 5.74) is 3.57. The van der Waals surface area contributed by atoms with Gasteiger partial charge in [-0.15, -0.1) is 0 Å². The average molecular weight is 471 g/mol. The number of amides is 1. The maximum Gasteiger partial charge on any atom is 0.410 e. The lowest BCUT2D eigenvalue weighted by molar-refractivity contribution is 0.0213. The van der Waals surface area contributed by atoms with Crippen LogP contribution in [0.5, 0.6) is 0 Å². The monoisotopic (exact) mass is 470 g/mol. The molecule has 1 atom stereocenters. The largest absolute Gasteiger partial charge is 0.444 e. The van der Waals surface area contributed by atoms with Crippen LogP contribution in [0.1, 0.15) is 32.4 Å². The quantitative estimate of drug-likeness (QED) is 0.427. The minimum atomic E-state index is -0.536. The highest BCUT2D eigenvalue weighted by Gasteiger charge is 2.34. The summed E-state index contributed by atoms with van der Waals surface area (Å²) in [5.74, 6) is 0.866. The third-order valence-electron chi connectivity index (χ3n) is 6.14. The first kappa shape index (κ1) is 22.8. The molecule has 8 nitrogen and oxygen atoms in total. The number of hydrogen-bond donors (Lipinski definition) is 0. The zero-order valence-corrected chi connectivity index (χ0v) is 20.5. The van der Waals surface area contributed by atoms with Crippen LogP contribution in [-0.2, 0) is 11.8 Å². The molecule has 3 heterocycles. The van der Waals surface area contributed by atoms with E-state index in [1.165, 1.54) is 0 Å². The van der Waals surface area contributed by atoms with Gasteiger partial charge in [-0.3, -0.25) is 4.68 Å². The molecule has 1 saturated heterocycles. The summed E-state index contributed by atoms with van der Waals surface area (Å²) in [5, 5.41) is 5.26. The number of hydrogen-bond acceptors (Lipinski definition) is 6. The highest BCUT2D eigenvalue weighted by Crippen LogP contribution is 2.35. The number of fused-ring (bicyclic) bond motifs is 1. The first-order valence-electron chi connectivity index (χ1n) is 11.8. The molecule has 180 valence electrons. The van der Waals surface area contributed by atoms with Crippen molar-refractivity contribution in [2.24, 2.45) is 7.05 Å². The molecule has 0 bridgehead atoms. The summed E-state index contributed by atoms with van der Waals surface area (Å²) >= 11 is 0. The van der Waals surface area contributed by atoms with Crippen LogP contribution in [0, 0.1) is 0 Å². The van der Waals surface area contributed by atoms with E-state index in [-0.39, 0.29) is 12.1 Å². The molecule has 0 aliphatic carbocycles. The molecular weight excluding hydrogens is 440 g/mol. The van der Waals surface area contributed by atoms with Gasteiger partial charge < -0.3 is 14.5 Å². The van der Waals surface area contributed by atoms with E-state index in [0.717, 1.165) is 33.4 Å². The Kier molecular flexibility index (Phi) is 5.88. The third kappa shape index (κ3) is 4.82. The Labute approximate surface area is 205 Å². The summed E-state index contributed by atoms with van der Waals surface area (Å²) in [4.78, 5) is 26.2. The second-order valence-corrected chi connectivity index (χ2v) is 9.88. The van der Waals surface area contributed by atoms with Crippen molar-refractivity contribution in [3.05, 3.63) is 72.8 Å². The predicted molar refractivity (Wildman–Crippen MR) is 136 cm³/mol. The molecule has 0 radical (unpaired) electrons. The fourth-order valence-corrected chi connectivity index (χ4v) is 4.51. The van der Waals surface area contributed by atoms with Crippen molar-refractivity contribution in [3.8, 4) is 11.1 Å². The Morgan fingerprint density at radius 2 is 1.83 bits per heavy atom. The van der Waals surface area contributed by atoms with Crippen molar-refractivity contribution in [2.45, 2.75) is 32.4 Å². The van der Waals surface area contributed by atoms with Gasteiger partial charge in [0, 0.05) is 43.8 Å². The van der Waals surface area contributed by atoms with Gasteiger partial charge in [-0.05, 0) is 44.0 Å². The van der Waals surface area contributed by atoms with E-state index in [2.05, 4.69) is 45.3 Å². The maximum absolute atomic E-state index is 12.9. The summed E-state index contributed by atoms with van der Waals surface area (Å²) in [6.07, 6.45) is 5.18. The molecule has 1 fully saturated rings. The van der Waals surface area contributed by atoms with Crippen LogP contribution in [-0.4, -0.2) is 56.0 Å². The molecule has 1 amide bonds. The molecule has 0 spiro atoms. The molecule has 0 unspecified atom stereocenters. The fourth-order valence-electron chi connectivity index (χ4n) is 4.51. The molecule has 2 aromatic carbocycles. The summed E-state index contributed by atoms with van der Waals surface area (Å²) in [6, 6.07) is 16.4. The standard InChI is InChI=1S/C27H30N6O2/c1-27(2,3)35-26(34)32-12-13-33(24(17-32)19-8-6-5-7-9-19)25-22-11-10-20(14-23(22)28-18-29-25)21-15-30-31(4)16-21/h5-11,14-16,18,24H,12-13,17H2,1-4H3/t24-/m1/s1. The fraction of sp³-hybridized carbons (Fsp3) is 0.333. The second kappa shape index (κ2) is 9.02. The first-order valence-corrected chi connectivity index (χ1v) is 11.8. The number of piperazine rings is 1. The van der Waals surface area contributed by atoms with Gasteiger partial charge in [0.15, 0.2) is 0 Å². The Morgan fingerprint density at radius 3 is 2.54 bits per heavy atom. The Bertz CT molecular complexity index is 1340. The van der Waals surface area contributed by atoms with E-state index in [4.69, 9.17) is 9.72 Å². The van der Waals surface area contributed by atoms with Gasteiger partial charge in [0.05, 0.1) is 17.8 Å². The van der Waals surface area contributed by atoms with E-state index in [9.17, 15) is 4.79 Å². The topological polar surface area (TPSA) is 76.4 Å². The highest BCUT2D eigenvalue weighted by molar-refractivity contribution is 5.92. The van der Waals surface area contributed by atoms with Gasteiger partial charge in [-0.25, -0.2) is 14.8 Å². The van der Waals surface area contributed by atoms with E-state index in [1.807, 2.05) is 58.4 Å². The molecule has 35 heavy (non-hydrogen) atoms. The number of ether oxygens (including phenoxy) is 1. The molecule has 4 aromatic rings. The van der Waals surface area contributed by atoms with Gasteiger partial charge >= 0.3 is 6.09 Å². The lowest BCUT2D eigenvalue weighted by atomic mass is 10.0. The Balaban J connectivity index is 1.51. The van der Waals surface area contributed by atoms with Crippen LogP contribution in [0.25, 0.3) is 22.0 Å². The smallest absolute Gasteiger partial charge is 0.410 e. The molecule has 0 saturated carbocycles. The lowest BCUT2D eigenvalue weighted by Crippen LogP contribution is -2.52. The number of rotatable bonds is 3. The average Bonchev–Trinajstić information content (AvgIpc) is 3.29. The minimum Gasteiger partial charge on any atom is -0.444 e. The molecule has 5 rings (SSSR count). The first-order chi connectivity index (χ1) is 16.8. The third-order valence-corrected chi connectivity index (χ3v) is 6.14. The van der Waals surface area contributed by atoms with Crippen molar-refractivity contribution in [2.75, 3.05) is 24.5 Å². The van der Waals surface area contributed by atoms with Crippen molar-refractivity contribution in [1.82, 2.24) is 24.6 Å². The van der Waals surface area contributed by atoms with Crippen molar-refractivity contribution < 1.29 is 9.53 Å². The molecule has 8 heteroatoms. The SMILES string of the molecule is Cn1cc(-c2ccc3c(N4CCN(C(=O)OC(C)(C)C)C[C@@H]4c4ccccc4)ncnc3c2)cn1. The van der Waals surface area contributed by atoms with E-state index in [1.54, 1.807) is 15.9 Å². The van der Waals surface area contributed by atoms with Crippen molar-refractivity contribution in [1.29, 1.82) is 0 Å². The molecular formula is C27H30N6O2. The number of carbonyl (C=O) groups is 1. The number of aromatic nitrogens is 4. The number of nitrogens with zero attached hydrogens (tertiary/aromatic N) is 6. The van der Waals surface area contributed by atoms with Crippen LogP contribution in [0.15, 0.2) is 67.3 Å². The molecule has 0 N–H and O–H groups in total. The van der Waals surface area contributed by atoms with Gasteiger partial charge in [0.2, 0.25) is 0 Å². The normalized spacial score (nSPS) is 16.5. The van der Waals surface area contributed by atoms with Gasteiger partial charge in [-0.1, -0.05) is 36.4 Å². The predicted octanol–water partition coefficient (Wildman–Crippen LogP) is 4.83. The number of benzene rings is 2. The van der Waals surface area contributed by atoms with Crippen LogP contribution >= 0.6 is 0 Å². The highest BCUT2D eigenvalue weighted by atomic mass is 16.6. The lowest BCUT2D eigenvalue weighted by Gasteiger charge is -2.42. The number of aryl methyl sites for hydroxylation is 1. The van der Waals surface area contributed by atoms with E-state index >= 15 is 0 Å². The maximum atomic E-state index is 12.9. The number of carbonyl (C=O) groups excluding carboxylic acids is 1. The summed E-state index contributed by atoms with van der Waals surface area (Å²) < 4.78 is 7.46. The van der Waals surface area contributed by atoms with Crippen LogP contribution in [0.4, 0.5) is 10.6 Å². The number of anilines is 1. The van der Waals surface area contributed by atoms with E-state index in [0.29, 0.717) is 19.6 Å². The Morgan fingerprint density at radius 1 is 1.03 bits per heavy atom. The van der Waals surface area contributed by atoms with Gasteiger partial charge in [-0.2, -0.15) is 5.10 Å². The molecule has 1 aliphatic heterocycles. The van der Waals surface area contributed by atoms with Crippen LogP contribution < -0.4 is 4.90 Å². The zero-order valence-electron chi connectivity index (χ0n) is 20.5. The zero-order chi connectivity index (χ0) is 24.6. The van der Waals surface area contributed by atoms with Crippen molar-refractivity contribution in [3.63, 3.8) is 0 Å². The van der Waals surface area contributed by atoms with E-state index < -0.39 is 5.60 Å². The van der Waals surface area contributed by atoms with Crippen molar-refractivity contribution >= 4 is 22.8 Å². The molecule has 2 aromatic heterocycles. The Hall–Kier alpha value is -3.94.